The lowest BCUT2D eigenvalue weighted by Gasteiger charge is -2.30. The van der Waals surface area contributed by atoms with Crippen LogP contribution in [0.2, 0.25) is 0 Å². The third kappa shape index (κ3) is 4.18. The van der Waals surface area contributed by atoms with Crippen LogP contribution in [0, 0.1) is 5.82 Å². The molecule has 134 valence electrons. The fourth-order valence-corrected chi connectivity index (χ4v) is 3.53. The molecule has 0 saturated heterocycles. The van der Waals surface area contributed by atoms with Crippen molar-refractivity contribution in [1.29, 1.82) is 0 Å². The van der Waals surface area contributed by atoms with E-state index in [-0.39, 0.29) is 17.8 Å². The van der Waals surface area contributed by atoms with E-state index in [1.807, 2.05) is 25.2 Å². The summed E-state index contributed by atoms with van der Waals surface area (Å²) in [6.07, 6.45) is 0.119. The van der Waals surface area contributed by atoms with Gasteiger partial charge in [-0.3, -0.25) is 4.90 Å². The summed E-state index contributed by atoms with van der Waals surface area (Å²) in [6, 6.07) is 16.0. The molecule has 1 fully saturated rings. The number of para-hydroxylation sites is 1. The molecule has 5 heteroatoms. The fourth-order valence-electron chi connectivity index (χ4n) is 3.53. The maximum atomic E-state index is 13.8. The molecule has 0 aromatic heterocycles. The van der Waals surface area contributed by atoms with E-state index in [4.69, 9.17) is 10.5 Å². The molecular formula is C20H25FN2O2. The summed E-state index contributed by atoms with van der Waals surface area (Å²) in [5.41, 5.74) is 7.49. The molecule has 3 rings (SSSR count). The summed E-state index contributed by atoms with van der Waals surface area (Å²) in [5.74, 6) is -0.268. The van der Waals surface area contributed by atoms with Crippen molar-refractivity contribution in [2.45, 2.75) is 37.1 Å². The van der Waals surface area contributed by atoms with Gasteiger partial charge >= 0.3 is 0 Å². The number of halogens is 1. The van der Waals surface area contributed by atoms with Crippen molar-refractivity contribution in [1.82, 2.24) is 4.90 Å². The van der Waals surface area contributed by atoms with Crippen LogP contribution in [0.3, 0.4) is 0 Å². The summed E-state index contributed by atoms with van der Waals surface area (Å²) in [7, 11) is 1.96. The number of nitrogens with two attached hydrogens (primary N) is 1. The molecule has 3 N–H and O–H groups in total. The molecule has 2 aromatic carbocycles. The summed E-state index contributed by atoms with van der Waals surface area (Å²) >= 11 is 0. The first kappa shape index (κ1) is 17.9. The normalized spacial score (nSPS) is 26.1. The summed E-state index contributed by atoms with van der Waals surface area (Å²) in [5, 5.41) is 10.7. The molecule has 1 aliphatic rings. The topological polar surface area (TPSA) is 58.7 Å². The van der Waals surface area contributed by atoms with Gasteiger partial charge in [0.1, 0.15) is 12.2 Å². The average Bonchev–Trinajstić information content (AvgIpc) is 2.89. The van der Waals surface area contributed by atoms with E-state index in [0.717, 1.165) is 13.0 Å². The number of benzene rings is 2. The zero-order chi connectivity index (χ0) is 17.8. The Bertz CT molecular complexity index is 682. The SMILES string of the molecule is CN(CCc1ccccc1)[C@@H]1[C@@H](O)[C@H](Oc2ccccc2F)C[C@H]1N. The molecule has 1 aliphatic carbocycles. The summed E-state index contributed by atoms with van der Waals surface area (Å²) < 4.78 is 19.5. The van der Waals surface area contributed by atoms with Gasteiger partial charge in [0.2, 0.25) is 0 Å². The van der Waals surface area contributed by atoms with Crippen molar-refractivity contribution in [3.63, 3.8) is 0 Å². The van der Waals surface area contributed by atoms with Crippen molar-refractivity contribution in [2.75, 3.05) is 13.6 Å². The number of ether oxygens (including phenoxy) is 1. The second-order valence-electron chi connectivity index (χ2n) is 6.68. The van der Waals surface area contributed by atoms with Crippen LogP contribution in [0.4, 0.5) is 4.39 Å². The highest BCUT2D eigenvalue weighted by Gasteiger charge is 2.44. The average molecular weight is 344 g/mol. The van der Waals surface area contributed by atoms with Crippen molar-refractivity contribution in [3.05, 3.63) is 66.0 Å². The lowest BCUT2D eigenvalue weighted by molar-refractivity contribution is 0.0147. The van der Waals surface area contributed by atoms with Crippen LogP contribution in [0.5, 0.6) is 5.75 Å². The quantitative estimate of drug-likeness (QED) is 0.844. The Morgan fingerprint density at radius 1 is 1.16 bits per heavy atom. The van der Waals surface area contributed by atoms with Crippen molar-refractivity contribution in [3.8, 4) is 5.75 Å². The fraction of sp³-hybridized carbons (Fsp3) is 0.400. The van der Waals surface area contributed by atoms with Gasteiger partial charge in [0.05, 0.1) is 6.04 Å². The smallest absolute Gasteiger partial charge is 0.165 e. The number of nitrogens with zero attached hydrogens (tertiary/aromatic N) is 1. The van der Waals surface area contributed by atoms with Crippen LogP contribution in [0.25, 0.3) is 0 Å². The van der Waals surface area contributed by atoms with Gasteiger partial charge in [-0.15, -0.1) is 0 Å². The maximum absolute atomic E-state index is 13.8. The van der Waals surface area contributed by atoms with E-state index in [1.54, 1.807) is 18.2 Å². The van der Waals surface area contributed by atoms with Gasteiger partial charge in [-0.05, 0) is 31.2 Å². The van der Waals surface area contributed by atoms with Gasteiger partial charge in [0, 0.05) is 19.0 Å². The minimum Gasteiger partial charge on any atom is -0.485 e. The second-order valence-corrected chi connectivity index (χ2v) is 6.68. The van der Waals surface area contributed by atoms with Gasteiger partial charge in [-0.1, -0.05) is 42.5 Å². The van der Waals surface area contributed by atoms with Crippen molar-refractivity contribution < 1.29 is 14.2 Å². The van der Waals surface area contributed by atoms with Gasteiger partial charge < -0.3 is 15.6 Å². The highest BCUT2D eigenvalue weighted by Crippen LogP contribution is 2.28. The molecule has 1 saturated carbocycles. The number of likely N-dealkylation sites (N-methyl/N-ethyl adjacent to an activating group) is 1. The Balaban J connectivity index is 1.61. The van der Waals surface area contributed by atoms with Crippen LogP contribution < -0.4 is 10.5 Å². The lowest BCUT2D eigenvalue weighted by Crippen LogP contribution is -2.49. The molecule has 25 heavy (non-hydrogen) atoms. The van der Waals surface area contributed by atoms with E-state index in [9.17, 15) is 9.50 Å². The third-order valence-corrected chi connectivity index (χ3v) is 4.89. The Labute approximate surface area is 148 Å². The van der Waals surface area contributed by atoms with E-state index < -0.39 is 18.0 Å². The zero-order valence-corrected chi connectivity index (χ0v) is 14.4. The predicted octanol–water partition coefficient (Wildman–Crippen LogP) is 2.21. The molecule has 0 unspecified atom stereocenters. The van der Waals surface area contributed by atoms with Crippen molar-refractivity contribution in [2.24, 2.45) is 5.73 Å². The number of aliphatic hydroxyl groups is 1. The Morgan fingerprint density at radius 3 is 2.56 bits per heavy atom. The van der Waals surface area contributed by atoms with Crippen LogP contribution in [-0.4, -0.2) is 47.9 Å². The zero-order valence-electron chi connectivity index (χ0n) is 14.4. The van der Waals surface area contributed by atoms with Gasteiger partial charge in [-0.2, -0.15) is 0 Å². The monoisotopic (exact) mass is 344 g/mol. The molecule has 4 atom stereocenters. The van der Waals surface area contributed by atoms with E-state index >= 15 is 0 Å². The van der Waals surface area contributed by atoms with Gasteiger partial charge in [-0.25, -0.2) is 4.39 Å². The van der Waals surface area contributed by atoms with Crippen molar-refractivity contribution >= 4 is 0 Å². The number of aliphatic hydroxyl groups excluding tert-OH is 1. The van der Waals surface area contributed by atoms with E-state index in [0.29, 0.717) is 6.42 Å². The van der Waals surface area contributed by atoms with Crippen LogP contribution in [-0.2, 0) is 6.42 Å². The Hall–Kier alpha value is -1.95. The van der Waals surface area contributed by atoms with Gasteiger partial charge in [0.15, 0.2) is 11.6 Å². The number of rotatable bonds is 6. The first-order valence-electron chi connectivity index (χ1n) is 8.65. The highest BCUT2D eigenvalue weighted by molar-refractivity contribution is 5.24. The number of hydrogen-bond acceptors (Lipinski definition) is 4. The first-order valence-corrected chi connectivity index (χ1v) is 8.65. The Morgan fingerprint density at radius 2 is 1.84 bits per heavy atom. The minimum atomic E-state index is -0.754. The van der Waals surface area contributed by atoms with E-state index in [1.165, 1.54) is 11.6 Å². The molecule has 4 nitrogen and oxygen atoms in total. The predicted molar refractivity (Wildman–Crippen MR) is 96.0 cm³/mol. The number of hydrogen-bond donors (Lipinski definition) is 2. The second kappa shape index (κ2) is 7.95. The van der Waals surface area contributed by atoms with Crippen LogP contribution in [0.1, 0.15) is 12.0 Å². The first-order chi connectivity index (χ1) is 12.1. The van der Waals surface area contributed by atoms with Gasteiger partial charge in [0.25, 0.3) is 0 Å². The summed E-state index contributed by atoms with van der Waals surface area (Å²) in [4.78, 5) is 2.08. The molecule has 0 radical (unpaired) electrons. The molecule has 2 aromatic rings. The Kier molecular flexibility index (Phi) is 5.68. The molecule has 0 heterocycles. The summed E-state index contributed by atoms with van der Waals surface area (Å²) in [6.45, 7) is 0.784. The van der Waals surface area contributed by atoms with E-state index in [2.05, 4.69) is 17.0 Å². The van der Waals surface area contributed by atoms with Crippen LogP contribution >= 0.6 is 0 Å². The molecule has 0 bridgehead atoms. The minimum absolute atomic E-state index is 0.159. The lowest BCUT2D eigenvalue weighted by atomic mass is 10.1. The molecular weight excluding hydrogens is 319 g/mol. The van der Waals surface area contributed by atoms with Crippen LogP contribution in [0.15, 0.2) is 54.6 Å². The highest BCUT2D eigenvalue weighted by atomic mass is 19.1. The maximum Gasteiger partial charge on any atom is 0.165 e. The third-order valence-electron chi connectivity index (χ3n) is 4.89. The molecule has 0 spiro atoms. The standard InChI is InChI=1S/C20H25FN2O2/c1-23(12-11-14-7-3-2-4-8-14)19-16(22)13-18(20(19)24)25-17-10-6-5-9-15(17)21/h2-10,16,18-20,24H,11-13,22H2,1H3/t16-,18-,19+,20+/m1/s1. The molecule has 0 aliphatic heterocycles. The molecule has 0 amide bonds. The largest absolute Gasteiger partial charge is 0.485 e.